The van der Waals surface area contributed by atoms with Crippen LogP contribution in [0.1, 0.15) is 22.7 Å². The van der Waals surface area contributed by atoms with Gasteiger partial charge >= 0.3 is 0 Å². The van der Waals surface area contributed by atoms with Crippen molar-refractivity contribution in [2.45, 2.75) is 26.1 Å². The molecule has 11 nitrogen and oxygen atoms in total. The summed E-state index contributed by atoms with van der Waals surface area (Å²) in [5.41, 5.74) is 4.21. The van der Waals surface area contributed by atoms with Gasteiger partial charge in [-0.15, -0.1) is 5.10 Å². The molecule has 5 aromatic rings. The zero-order valence-corrected chi connectivity index (χ0v) is 25.8. The lowest BCUT2D eigenvalue weighted by Crippen LogP contribution is -2.42. The van der Waals surface area contributed by atoms with Gasteiger partial charge < -0.3 is 29.2 Å². The number of carbonyl (C=O) groups excluding carboxylic acids is 2. The molecule has 0 saturated carbocycles. The number of carbonyl (C=O) groups is 2. The Morgan fingerprint density at radius 2 is 1.51 bits per heavy atom. The second-order valence-electron chi connectivity index (χ2n) is 10.3. The summed E-state index contributed by atoms with van der Waals surface area (Å²) in [4.78, 5) is 30.3. The molecule has 5 rings (SSSR count). The van der Waals surface area contributed by atoms with Gasteiger partial charge in [0.25, 0.3) is 5.91 Å². The molecule has 0 aliphatic carbocycles. The summed E-state index contributed by atoms with van der Waals surface area (Å²) in [5, 5.41) is 11.4. The molecule has 0 saturated heterocycles. The van der Waals surface area contributed by atoms with Gasteiger partial charge in [0.05, 0.1) is 34.0 Å². The lowest BCUT2D eigenvalue weighted by Gasteiger charge is -2.32. The predicted molar refractivity (Wildman–Crippen MR) is 170 cm³/mol. The highest BCUT2D eigenvalue weighted by molar-refractivity contribution is 5.98. The number of nitrogens with zero attached hydrogens (tertiary/aromatic N) is 4. The number of hydrogen-bond acceptors (Lipinski definition) is 8. The van der Waals surface area contributed by atoms with Crippen molar-refractivity contribution >= 4 is 28.5 Å². The lowest BCUT2D eigenvalue weighted by atomic mass is 10.00. The number of anilines is 1. The maximum absolute atomic E-state index is 14.4. The molecule has 4 aromatic carbocycles. The molecule has 45 heavy (non-hydrogen) atoms. The van der Waals surface area contributed by atoms with Crippen LogP contribution in [0.5, 0.6) is 23.0 Å². The minimum atomic E-state index is -1.12. The van der Waals surface area contributed by atoms with Crippen LogP contribution in [0.3, 0.4) is 0 Å². The number of methoxy groups -OCH3 is 4. The second kappa shape index (κ2) is 13.8. The standard InChI is InChI=1S/C34H35N5O6/c1-22-10-6-7-11-23(22)20-38(31(40)21-39-28-13-9-8-12-27(28)36-37-39)32(34(41)35-25-14-16-26(42-2)17-15-25)24-18-29(43-3)33(45-5)30(19-24)44-4/h6-19,32H,20-21H2,1-5H3,(H,35,41)/t32-/m1/s1. The molecule has 1 atom stereocenters. The Kier molecular flexibility index (Phi) is 9.47. The molecule has 2 amide bonds. The van der Waals surface area contributed by atoms with E-state index in [-0.39, 0.29) is 19.0 Å². The normalized spacial score (nSPS) is 11.5. The summed E-state index contributed by atoms with van der Waals surface area (Å²) in [6.07, 6.45) is 0. The zero-order valence-electron chi connectivity index (χ0n) is 25.8. The number of fused-ring (bicyclic) bond motifs is 1. The number of amides is 2. The van der Waals surface area contributed by atoms with Crippen LogP contribution >= 0.6 is 0 Å². The molecule has 0 spiro atoms. The Morgan fingerprint density at radius 1 is 0.844 bits per heavy atom. The van der Waals surface area contributed by atoms with E-state index in [9.17, 15) is 9.59 Å². The number of para-hydroxylation sites is 1. The van der Waals surface area contributed by atoms with Crippen molar-refractivity contribution in [3.05, 3.63) is 102 Å². The van der Waals surface area contributed by atoms with Crippen LogP contribution in [0.4, 0.5) is 5.69 Å². The van der Waals surface area contributed by atoms with E-state index >= 15 is 0 Å². The molecule has 0 aliphatic rings. The summed E-state index contributed by atoms with van der Waals surface area (Å²) in [6, 6.07) is 24.3. The Bertz CT molecular complexity index is 1780. The van der Waals surface area contributed by atoms with Gasteiger partial charge in [-0.1, -0.05) is 41.6 Å². The van der Waals surface area contributed by atoms with E-state index in [0.29, 0.717) is 45.3 Å². The van der Waals surface area contributed by atoms with Crippen LogP contribution in [-0.4, -0.2) is 60.1 Å². The minimum absolute atomic E-state index is 0.134. The average Bonchev–Trinajstić information content (AvgIpc) is 3.47. The number of benzene rings is 4. The molecule has 0 radical (unpaired) electrons. The number of aromatic nitrogens is 3. The fraction of sp³-hybridized carbons (Fsp3) is 0.235. The van der Waals surface area contributed by atoms with Crippen molar-refractivity contribution in [3.63, 3.8) is 0 Å². The SMILES string of the molecule is COc1ccc(NC(=O)[C@@H](c2cc(OC)c(OC)c(OC)c2)N(Cc2ccccc2C)C(=O)Cn2nnc3ccccc32)cc1. The smallest absolute Gasteiger partial charge is 0.251 e. The lowest BCUT2D eigenvalue weighted by molar-refractivity contribution is -0.140. The third-order valence-corrected chi connectivity index (χ3v) is 7.55. The molecule has 1 N–H and O–H groups in total. The van der Waals surface area contributed by atoms with Gasteiger partial charge in [0.2, 0.25) is 11.7 Å². The van der Waals surface area contributed by atoms with Gasteiger partial charge in [0, 0.05) is 12.2 Å². The third kappa shape index (κ3) is 6.67. The van der Waals surface area contributed by atoms with Crippen molar-refractivity contribution in [1.82, 2.24) is 19.9 Å². The van der Waals surface area contributed by atoms with Crippen molar-refractivity contribution < 1.29 is 28.5 Å². The van der Waals surface area contributed by atoms with Gasteiger partial charge in [0.1, 0.15) is 23.9 Å². The highest BCUT2D eigenvalue weighted by Crippen LogP contribution is 2.41. The van der Waals surface area contributed by atoms with Crippen molar-refractivity contribution in [3.8, 4) is 23.0 Å². The van der Waals surface area contributed by atoms with Crippen molar-refractivity contribution in [2.24, 2.45) is 0 Å². The first-order chi connectivity index (χ1) is 21.9. The van der Waals surface area contributed by atoms with E-state index in [2.05, 4.69) is 15.6 Å². The largest absolute Gasteiger partial charge is 0.497 e. The van der Waals surface area contributed by atoms with Gasteiger partial charge in [-0.25, -0.2) is 4.68 Å². The van der Waals surface area contributed by atoms with E-state index in [1.54, 1.807) is 48.4 Å². The topological polar surface area (TPSA) is 117 Å². The van der Waals surface area contributed by atoms with Crippen LogP contribution in [0.15, 0.2) is 84.9 Å². The van der Waals surface area contributed by atoms with Gasteiger partial charge in [-0.05, 0) is 72.1 Å². The maximum Gasteiger partial charge on any atom is 0.251 e. The van der Waals surface area contributed by atoms with E-state index in [4.69, 9.17) is 18.9 Å². The summed E-state index contributed by atoms with van der Waals surface area (Å²) in [7, 11) is 6.07. The Balaban J connectivity index is 1.64. The van der Waals surface area contributed by atoms with Gasteiger partial charge in [-0.3, -0.25) is 9.59 Å². The summed E-state index contributed by atoms with van der Waals surface area (Å²) in [6.45, 7) is 1.95. The van der Waals surface area contributed by atoms with Crippen LogP contribution in [0.2, 0.25) is 0 Å². The predicted octanol–water partition coefficient (Wildman–Crippen LogP) is 5.18. The monoisotopic (exact) mass is 609 g/mol. The molecule has 232 valence electrons. The minimum Gasteiger partial charge on any atom is -0.497 e. The molecular formula is C34H35N5O6. The van der Waals surface area contributed by atoms with Crippen molar-refractivity contribution in [2.75, 3.05) is 33.8 Å². The van der Waals surface area contributed by atoms with E-state index in [1.165, 1.54) is 26.0 Å². The van der Waals surface area contributed by atoms with Crippen LogP contribution in [0.25, 0.3) is 11.0 Å². The maximum atomic E-state index is 14.4. The Hall–Kier alpha value is -5.58. The van der Waals surface area contributed by atoms with E-state index in [0.717, 1.165) is 11.1 Å². The van der Waals surface area contributed by atoms with Gasteiger partial charge in [-0.2, -0.15) is 0 Å². The Morgan fingerprint density at radius 3 is 2.16 bits per heavy atom. The number of ether oxygens (including phenoxy) is 4. The van der Waals surface area contributed by atoms with Gasteiger partial charge in [0.15, 0.2) is 11.5 Å². The first kappa shape index (κ1) is 30.9. The third-order valence-electron chi connectivity index (χ3n) is 7.55. The quantitative estimate of drug-likeness (QED) is 0.206. The summed E-state index contributed by atoms with van der Waals surface area (Å²) in [5.74, 6) is 0.909. The molecule has 1 heterocycles. The number of rotatable bonds is 12. The van der Waals surface area contributed by atoms with Crippen LogP contribution in [0, 0.1) is 6.92 Å². The molecule has 11 heteroatoms. The zero-order chi connectivity index (χ0) is 31.9. The number of nitrogens with one attached hydrogen (secondary N) is 1. The highest BCUT2D eigenvalue weighted by Gasteiger charge is 2.34. The first-order valence-corrected chi connectivity index (χ1v) is 14.2. The number of hydrogen-bond donors (Lipinski definition) is 1. The Labute approximate surface area is 261 Å². The summed E-state index contributed by atoms with van der Waals surface area (Å²) >= 11 is 0. The fourth-order valence-electron chi connectivity index (χ4n) is 5.16. The van der Waals surface area contributed by atoms with Crippen LogP contribution in [-0.2, 0) is 22.7 Å². The molecule has 0 unspecified atom stereocenters. The first-order valence-electron chi connectivity index (χ1n) is 14.2. The second-order valence-corrected chi connectivity index (χ2v) is 10.3. The number of aryl methyl sites for hydroxylation is 1. The molecule has 0 aliphatic heterocycles. The average molecular weight is 610 g/mol. The molecule has 0 bridgehead atoms. The summed E-state index contributed by atoms with van der Waals surface area (Å²) < 4.78 is 23.6. The molecule has 1 aromatic heterocycles. The van der Waals surface area contributed by atoms with E-state index < -0.39 is 11.9 Å². The fourth-order valence-corrected chi connectivity index (χ4v) is 5.16. The highest BCUT2D eigenvalue weighted by atomic mass is 16.5. The van der Waals surface area contributed by atoms with Crippen molar-refractivity contribution in [1.29, 1.82) is 0 Å². The van der Waals surface area contributed by atoms with E-state index in [1.807, 2.05) is 55.5 Å². The molecule has 0 fully saturated rings. The van der Waals surface area contributed by atoms with Crippen LogP contribution < -0.4 is 24.3 Å². The molecular weight excluding hydrogens is 574 g/mol.